The molecule has 6 aromatic rings. The molecule has 0 aliphatic rings. The number of hydrogen-bond acceptors (Lipinski definition) is 6. The van der Waals surface area contributed by atoms with E-state index in [-0.39, 0.29) is 5.41 Å². The highest BCUT2D eigenvalue weighted by Gasteiger charge is 2.18. The van der Waals surface area contributed by atoms with Gasteiger partial charge in [-0.25, -0.2) is 0 Å². The molecule has 0 spiro atoms. The van der Waals surface area contributed by atoms with Crippen molar-refractivity contribution in [1.82, 2.24) is 15.0 Å². The summed E-state index contributed by atoms with van der Waals surface area (Å²) in [6.07, 6.45) is 7.25. The zero-order chi connectivity index (χ0) is 43.8. The average Bonchev–Trinajstić information content (AvgIpc) is 3.23. The fourth-order valence-electron chi connectivity index (χ4n) is 6.71. The van der Waals surface area contributed by atoms with Crippen molar-refractivity contribution in [3.05, 3.63) is 179 Å². The van der Waals surface area contributed by atoms with Crippen LogP contribution in [-0.4, -0.2) is 32.6 Å². The fourth-order valence-corrected chi connectivity index (χ4v) is 6.71. The lowest BCUT2D eigenvalue weighted by Gasteiger charge is -2.21. The van der Waals surface area contributed by atoms with Crippen molar-refractivity contribution < 1.29 is 0 Å². The van der Waals surface area contributed by atoms with Crippen LogP contribution in [0.25, 0.3) is 0 Å². The molecular weight excluding hydrogens is 733 g/mol. The number of benzene rings is 3. The highest BCUT2D eigenvalue weighted by molar-refractivity contribution is 5.99. The summed E-state index contributed by atoms with van der Waals surface area (Å²) in [5, 5.41) is 0. The Kier molecular flexibility index (Phi) is 17.5. The maximum absolute atomic E-state index is 4.93. The lowest BCUT2D eigenvalue weighted by molar-refractivity contribution is 0.591. The minimum absolute atomic E-state index is 0.0878. The van der Waals surface area contributed by atoms with Gasteiger partial charge in [-0.1, -0.05) is 149 Å². The molecule has 0 saturated heterocycles. The molecule has 6 heteroatoms. The van der Waals surface area contributed by atoms with Gasteiger partial charge < -0.3 is 0 Å². The summed E-state index contributed by atoms with van der Waals surface area (Å²) >= 11 is 0. The molecule has 0 radical (unpaired) electrons. The third kappa shape index (κ3) is 13.6. The number of aromatic nitrogens is 3. The number of rotatable bonds is 10. The van der Waals surface area contributed by atoms with Gasteiger partial charge in [-0.05, 0) is 113 Å². The van der Waals surface area contributed by atoms with Crippen molar-refractivity contribution in [1.29, 1.82) is 0 Å². The SMILES string of the molecule is CC(=Nc1c(C(C)C)cccc1C(C)C)c1ccccn1.CC(=Nc1ccccc1C(C)(C)C)c1ccccn1.CC(C)c1cccc(C(C)C)c1N=Cc1ccccn1. The van der Waals surface area contributed by atoms with Crippen LogP contribution >= 0.6 is 0 Å². The van der Waals surface area contributed by atoms with Gasteiger partial charge in [0.2, 0.25) is 0 Å². The van der Waals surface area contributed by atoms with E-state index in [2.05, 4.69) is 146 Å². The first-order valence-electron chi connectivity index (χ1n) is 21.3. The Morgan fingerprint density at radius 2 is 0.883 bits per heavy atom. The van der Waals surface area contributed by atoms with Gasteiger partial charge in [0.15, 0.2) is 0 Å². The van der Waals surface area contributed by atoms with Crippen LogP contribution in [0.2, 0.25) is 0 Å². The molecule has 0 saturated carbocycles. The molecular formula is C54H66N6. The van der Waals surface area contributed by atoms with Crippen LogP contribution in [0.15, 0.2) is 149 Å². The highest BCUT2D eigenvalue weighted by atomic mass is 14.8. The second-order valence-electron chi connectivity index (χ2n) is 17.3. The number of hydrogen-bond donors (Lipinski definition) is 0. The molecule has 0 N–H and O–H groups in total. The standard InChI is InChI=1S/C19H24N2.C18H22N2.C17H20N2/c1-13(2)16-9-8-10-17(14(3)4)19(16)21-15(5)18-11-6-7-12-20-18;1-13(2)16-9-7-10-17(14(3)4)18(16)20-12-15-8-5-6-11-19-15;1-13(15-10-7-8-12-18-15)19-16-11-6-5-9-14(16)17(2,3)4/h6-14H,1-5H3;5-14H,1-4H3;5-12H,1-4H3. The summed E-state index contributed by atoms with van der Waals surface area (Å²) in [4.78, 5) is 27.4. The van der Waals surface area contributed by atoms with Crippen LogP contribution in [0.1, 0.15) is 159 Å². The summed E-state index contributed by atoms with van der Waals surface area (Å²) < 4.78 is 0. The lowest BCUT2D eigenvalue weighted by Crippen LogP contribution is -2.11. The van der Waals surface area contributed by atoms with Crippen molar-refractivity contribution in [2.45, 2.75) is 119 Å². The first-order chi connectivity index (χ1) is 28.6. The van der Waals surface area contributed by atoms with Gasteiger partial charge in [-0.3, -0.25) is 29.9 Å². The van der Waals surface area contributed by atoms with Crippen LogP contribution in [-0.2, 0) is 5.41 Å². The van der Waals surface area contributed by atoms with Gasteiger partial charge in [0.05, 0.1) is 51.8 Å². The third-order valence-electron chi connectivity index (χ3n) is 10.0. The molecule has 3 aromatic heterocycles. The average molecular weight is 799 g/mol. The molecule has 0 bridgehead atoms. The van der Waals surface area contributed by atoms with E-state index in [0.29, 0.717) is 23.7 Å². The summed E-state index contributed by atoms with van der Waals surface area (Å²) in [5.74, 6) is 1.84. The normalized spacial score (nSPS) is 12.2. The van der Waals surface area contributed by atoms with Crippen LogP contribution in [0, 0.1) is 0 Å². The summed E-state index contributed by atoms with van der Waals surface area (Å²) in [6, 6.07) is 38.9. The van der Waals surface area contributed by atoms with Crippen LogP contribution < -0.4 is 0 Å². The van der Waals surface area contributed by atoms with E-state index in [4.69, 9.17) is 15.0 Å². The minimum atomic E-state index is 0.0878. The lowest BCUT2D eigenvalue weighted by atomic mass is 9.86. The van der Waals surface area contributed by atoms with Gasteiger partial charge in [0, 0.05) is 18.6 Å². The Hall–Kier alpha value is -5.88. The maximum Gasteiger partial charge on any atom is 0.0841 e. The van der Waals surface area contributed by atoms with Crippen LogP contribution in [0.3, 0.4) is 0 Å². The molecule has 3 heterocycles. The van der Waals surface area contributed by atoms with Crippen molar-refractivity contribution >= 4 is 34.7 Å². The highest BCUT2D eigenvalue weighted by Crippen LogP contribution is 2.36. The predicted molar refractivity (Wildman–Crippen MR) is 258 cm³/mol. The number of aliphatic imine (C=N–C) groups is 3. The first-order valence-corrected chi connectivity index (χ1v) is 21.3. The number of pyridine rings is 3. The molecule has 6 rings (SSSR count). The van der Waals surface area contributed by atoms with E-state index in [1.807, 2.05) is 86.9 Å². The smallest absolute Gasteiger partial charge is 0.0841 e. The summed E-state index contributed by atoms with van der Waals surface area (Å²) in [7, 11) is 0. The monoisotopic (exact) mass is 799 g/mol. The van der Waals surface area contributed by atoms with E-state index >= 15 is 0 Å². The fraction of sp³-hybridized carbons (Fsp3) is 0.333. The van der Waals surface area contributed by atoms with Gasteiger partial charge in [-0.2, -0.15) is 0 Å². The van der Waals surface area contributed by atoms with Crippen LogP contribution in [0.5, 0.6) is 0 Å². The number of nitrogens with zero attached hydrogens (tertiary/aromatic N) is 6. The van der Waals surface area contributed by atoms with E-state index < -0.39 is 0 Å². The van der Waals surface area contributed by atoms with Gasteiger partial charge >= 0.3 is 0 Å². The van der Waals surface area contributed by atoms with Crippen molar-refractivity contribution in [2.24, 2.45) is 15.0 Å². The topological polar surface area (TPSA) is 75.8 Å². The second kappa shape index (κ2) is 22.5. The van der Waals surface area contributed by atoms with Gasteiger partial charge in [0.1, 0.15) is 0 Å². The molecule has 60 heavy (non-hydrogen) atoms. The van der Waals surface area contributed by atoms with Gasteiger partial charge in [0.25, 0.3) is 0 Å². The van der Waals surface area contributed by atoms with E-state index in [9.17, 15) is 0 Å². The predicted octanol–water partition coefficient (Wildman–Crippen LogP) is 15.1. The molecule has 0 atom stereocenters. The molecule has 0 aliphatic heterocycles. The molecule has 0 unspecified atom stereocenters. The minimum Gasteiger partial charge on any atom is -0.255 e. The molecule has 6 nitrogen and oxygen atoms in total. The van der Waals surface area contributed by atoms with Crippen molar-refractivity contribution in [2.75, 3.05) is 0 Å². The molecule has 0 aliphatic carbocycles. The van der Waals surface area contributed by atoms with E-state index in [0.717, 1.165) is 45.6 Å². The Balaban J connectivity index is 0.000000199. The second-order valence-corrected chi connectivity index (χ2v) is 17.3. The Morgan fingerprint density at radius 3 is 1.30 bits per heavy atom. The maximum atomic E-state index is 4.93. The molecule has 312 valence electrons. The molecule has 3 aromatic carbocycles. The van der Waals surface area contributed by atoms with E-state index in [1.165, 1.54) is 27.8 Å². The summed E-state index contributed by atoms with van der Waals surface area (Å²) in [5.41, 5.74) is 14.4. The number of para-hydroxylation sites is 3. The molecule has 0 fully saturated rings. The largest absolute Gasteiger partial charge is 0.255 e. The zero-order valence-corrected chi connectivity index (χ0v) is 38.3. The Bertz CT molecular complexity index is 2260. The summed E-state index contributed by atoms with van der Waals surface area (Å²) in [6.45, 7) is 28.3. The quantitative estimate of drug-likeness (QED) is 0.130. The molecule has 0 amide bonds. The van der Waals surface area contributed by atoms with Crippen molar-refractivity contribution in [3.8, 4) is 0 Å². The van der Waals surface area contributed by atoms with Gasteiger partial charge in [-0.15, -0.1) is 0 Å². The Labute approximate surface area is 361 Å². The van der Waals surface area contributed by atoms with Crippen LogP contribution in [0.4, 0.5) is 17.1 Å². The van der Waals surface area contributed by atoms with Crippen molar-refractivity contribution in [3.63, 3.8) is 0 Å². The third-order valence-corrected chi connectivity index (χ3v) is 10.0. The van der Waals surface area contributed by atoms with E-state index in [1.54, 1.807) is 12.4 Å². The first kappa shape index (κ1) is 46.8. The Morgan fingerprint density at radius 1 is 0.467 bits per heavy atom. The zero-order valence-electron chi connectivity index (χ0n) is 38.3.